The van der Waals surface area contributed by atoms with Gasteiger partial charge in [0.25, 0.3) is 11.8 Å². The second-order valence-electron chi connectivity index (χ2n) is 7.34. The monoisotopic (exact) mass is 597 g/mol. The standard InChI is InChI=1S/C20H19N7O7S4/c1-33-11(28)2-3-35-10-7-36-17-13(16(30)27(17)14(10)18(31)32)25-15(29)12(9-6-38-20(22)24-9)26-34-4-8-5-37-19(21)23-8/h2-3,5-6,13,17H,4,7H2,1H3,(H2,21,23)(H2,22,24)(H,25,29)(H,31,32)/b3-2-,26-12+/t13-,17-/m1/s1. The summed E-state index contributed by atoms with van der Waals surface area (Å²) in [7, 11) is 1.22. The van der Waals surface area contributed by atoms with Crippen LogP contribution in [0.5, 0.6) is 0 Å². The summed E-state index contributed by atoms with van der Waals surface area (Å²) in [5, 5.41) is 20.7. The number of aromatic nitrogens is 2. The number of fused-ring (bicyclic) bond motifs is 1. The van der Waals surface area contributed by atoms with E-state index in [1.165, 1.54) is 41.0 Å². The molecule has 38 heavy (non-hydrogen) atoms. The van der Waals surface area contributed by atoms with E-state index in [0.29, 0.717) is 15.7 Å². The number of ether oxygens (including phenoxy) is 1. The Morgan fingerprint density at radius 3 is 2.66 bits per heavy atom. The first-order chi connectivity index (χ1) is 18.2. The number of nitrogen functional groups attached to an aromatic ring is 2. The van der Waals surface area contributed by atoms with Crippen LogP contribution in [0, 0.1) is 0 Å². The van der Waals surface area contributed by atoms with E-state index < -0.39 is 35.2 Å². The van der Waals surface area contributed by atoms with Gasteiger partial charge < -0.3 is 31.5 Å². The fourth-order valence-corrected chi connectivity index (χ4v) is 6.69. The Balaban J connectivity index is 1.48. The second-order valence-corrected chi connectivity index (χ2v) is 11.2. The molecule has 0 unspecified atom stereocenters. The van der Waals surface area contributed by atoms with E-state index in [9.17, 15) is 24.3 Å². The molecule has 0 spiro atoms. The number of esters is 1. The number of carboxylic acid groups (broad SMARTS) is 1. The number of thiazole rings is 2. The number of oxime groups is 1. The molecular formula is C20H19N7O7S4. The van der Waals surface area contributed by atoms with Gasteiger partial charge in [-0.05, 0) is 5.41 Å². The lowest BCUT2D eigenvalue weighted by atomic mass is 10.0. The van der Waals surface area contributed by atoms with Gasteiger partial charge in [-0.3, -0.25) is 14.5 Å². The van der Waals surface area contributed by atoms with Crippen LogP contribution in [0.15, 0.2) is 38.0 Å². The van der Waals surface area contributed by atoms with Crippen LogP contribution in [0.3, 0.4) is 0 Å². The average Bonchev–Trinajstić information content (AvgIpc) is 3.51. The normalized spacial score (nSPS) is 19.2. The summed E-state index contributed by atoms with van der Waals surface area (Å²) in [4.78, 5) is 64.2. The van der Waals surface area contributed by atoms with Gasteiger partial charge in [-0.1, -0.05) is 16.9 Å². The van der Waals surface area contributed by atoms with E-state index in [1.807, 2.05) is 0 Å². The van der Waals surface area contributed by atoms with E-state index in [0.717, 1.165) is 34.1 Å². The number of β-lactam (4-membered cyclic amide) rings is 1. The number of anilines is 2. The molecule has 0 saturated carbocycles. The molecule has 2 aromatic heterocycles. The maximum absolute atomic E-state index is 13.1. The summed E-state index contributed by atoms with van der Waals surface area (Å²) in [6.07, 6.45) is 1.15. The van der Waals surface area contributed by atoms with Crippen molar-refractivity contribution in [2.24, 2.45) is 5.16 Å². The van der Waals surface area contributed by atoms with Crippen molar-refractivity contribution in [2.75, 3.05) is 24.3 Å². The maximum Gasteiger partial charge on any atom is 0.353 e. The lowest BCUT2D eigenvalue weighted by Crippen LogP contribution is -2.71. The molecule has 4 heterocycles. The first-order valence-corrected chi connectivity index (χ1v) is 14.1. The van der Waals surface area contributed by atoms with Crippen molar-refractivity contribution in [3.8, 4) is 0 Å². The minimum atomic E-state index is -1.31. The summed E-state index contributed by atoms with van der Waals surface area (Å²) in [6, 6.07) is -1.02. The predicted molar refractivity (Wildman–Crippen MR) is 143 cm³/mol. The van der Waals surface area contributed by atoms with Crippen molar-refractivity contribution in [3.63, 3.8) is 0 Å². The Morgan fingerprint density at radius 2 is 2.03 bits per heavy atom. The highest BCUT2D eigenvalue weighted by Gasteiger charge is 2.54. The highest BCUT2D eigenvalue weighted by Crippen LogP contribution is 2.43. The minimum absolute atomic E-state index is 0.0592. The van der Waals surface area contributed by atoms with E-state index in [4.69, 9.17) is 16.3 Å². The number of rotatable bonds is 10. The van der Waals surface area contributed by atoms with Gasteiger partial charge in [0.2, 0.25) is 0 Å². The lowest BCUT2D eigenvalue weighted by Gasteiger charge is -2.49. The molecule has 6 N–H and O–H groups in total. The van der Waals surface area contributed by atoms with Crippen LogP contribution in [0.2, 0.25) is 0 Å². The molecular weight excluding hydrogens is 579 g/mol. The predicted octanol–water partition coefficient (Wildman–Crippen LogP) is 0.801. The van der Waals surface area contributed by atoms with Crippen molar-refractivity contribution in [3.05, 3.63) is 44.2 Å². The zero-order valence-electron chi connectivity index (χ0n) is 19.4. The minimum Gasteiger partial charge on any atom is -0.477 e. The highest BCUT2D eigenvalue weighted by molar-refractivity contribution is 8.08. The Bertz CT molecular complexity index is 1370. The van der Waals surface area contributed by atoms with Gasteiger partial charge in [0.05, 0.1) is 12.8 Å². The molecule has 2 aliphatic heterocycles. The molecule has 200 valence electrons. The van der Waals surface area contributed by atoms with Crippen LogP contribution >= 0.6 is 46.2 Å². The molecule has 2 aromatic rings. The van der Waals surface area contributed by atoms with Gasteiger partial charge in [0, 0.05) is 27.5 Å². The summed E-state index contributed by atoms with van der Waals surface area (Å²) in [6.45, 7) is -0.0592. The van der Waals surface area contributed by atoms with Gasteiger partial charge >= 0.3 is 11.9 Å². The molecule has 0 bridgehead atoms. The molecule has 4 rings (SSSR count). The van der Waals surface area contributed by atoms with Crippen LogP contribution in [0.1, 0.15) is 11.4 Å². The molecule has 2 atom stereocenters. The Labute approximate surface area is 231 Å². The van der Waals surface area contributed by atoms with Crippen molar-refractivity contribution < 1.29 is 33.9 Å². The van der Waals surface area contributed by atoms with Gasteiger partial charge in [-0.15, -0.1) is 34.4 Å². The van der Waals surface area contributed by atoms with Gasteiger partial charge in [-0.25, -0.2) is 19.6 Å². The molecule has 0 aliphatic carbocycles. The third-order valence-corrected chi connectivity index (χ3v) is 8.71. The number of methoxy groups -OCH3 is 1. The van der Waals surface area contributed by atoms with Gasteiger partial charge in [-0.2, -0.15) is 0 Å². The third-order valence-electron chi connectivity index (χ3n) is 4.96. The SMILES string of the molecule is COC(=O)/C=C\SC1=C(C(=O)O)N2C(=O)[C@@H](NC(=O)/C(=N/OCc3csc(N)n3)c3csc(N)n3)[C@H]2SC1. The molecule has 2 aliphatic rings. The van der Waals surface area contributed by atoms with E-state index >= 15 is 0 Å². The van der Waals surface area contributed by atoms with E-state index in [2.05, 4.69) is 25.2 Å². The van der Waals surface area contributed by atoms with Crippen LogP contribution in [0.4, 0.5) is 10.3 Å². The van der Waals surface area contributed by atoms with Crippen molar-refractivity contribution >= 4 is 85.9 Å². The van der Waals surface area contributed by atoms with E-state index in [-0.39, 0.29) is 34.6 Å². The fourth-order valence-electron chi connectivity index (χ4n) is 3.28. The second kappa shape index (κ2) is 11.8. The van der Waals surface area contributed by atoms with Crippen LogP contribution in [-0.4, -0.2) is 73.7 Å². The number of thioether (sulfide) groups is 2. The van der Waals surface area contributed by atoms with Crippen molar-refractivity contribution in [2.45, 2.75) is 18.0 Å². The number of nitrogens with two attached hydrogens (primary N) is 2. The van der Waals surface area contributed by atoms with Crippen LogP contribution in [-0.2, 0) is 35.4 Å². The molecule has 0 aromatic carbocycles. The molecule has 2 amide bonds. The number of hydrogen-bond acceptors (Lipinski definition) is 15. The largest absolute Gasteiger partial charge is 0.477 e. The number of carbonyl (C=O) groups excluding carboxylic acids is 3. The molecule has 14 nitrogen and oxygen atoms in total. The number of nitrogens with one attached hydrogen (secondary N) is 1. The number of hydrogen-bond donors (Lipinski definition) is 4. The topological polar surface area (TPSA) is 212 Å². The first kappa shape index (κ1) is 27.4. The molecule has 0 radical (unpaired) electrons. The quantitative estimate of drug-likeness (QED) is 0.0982. The Hall–Kier alpha value is -3.61. The summed E-state index contributed by atoms with van der Waals surface area (Å²) in [5.74, 6) is -3.04. The Morgan fingerprint density at radius 1 is 1.29 bits per heavy atom. The van der Waals surface area contributed by atoms with Gasteiger partial charge in [0.1, 0.15) is 22.8 Å². The zero-order chi connectivity index (χ0) is 27.4. The molecule has 1 fully saturated rings. The Kier molecular flexibility index (Phi) is 8.55. The summed E-state index contributed by atoms with van der Waals surface area (Å²) < 4.78 is 4.51. The smallest absolute Gasteiger partial charge is 0.353 e. The van der Waals surface area contributed by atoms with Gasteiger partial charge in [0.15, 0.2) is 22.6 Å². The number of carboxylic acids is 1. The van der Waals surface area contributed by atoms with Crippen LogP contribution < -0.4 is 16.8 Å². The summed E-state index contributed by atoms with van der Waals surface area (Å²) >= 11 is 4.57. The average molecular weight is 598 g/mol. The highest BCUT2D eigenvalue weighted by atomic mass is 32.2. The molecule has 1 saturated heterocycles. The van der Waals surface area contributed by atoms with Crippen molar-refractivity contribution in [1.29, 1.82) is 0 Å². The third kappa shape index (κ3) is 5.93. The number of aliphatic carboxylic acids is 1. The lowest BCUT2D eigenvalue weighted by molar-refractivity contribution is -0.150. The molecule has 18 heteroatoms. The summed E-state index contributed by atoms with van der Waals surface area (Å²) in [5.41, 5.74) is 11.5. The number of amides is 2. The van der Waals surface area contributed by atoms with E-state index in [1.54, 1.807) is 5.38 Å². The number of nitrogens with zero attached hydrogens (tertiary/aromatic N) is 4. The maximum atomic E-state index is 13.1. The fraction of sp³-hybridized carbons (Fsp3) is 0.250. The zero-order valence-corrected chi connectivity index (χ0v) is 22.6. The number of carbonyl (C=O) groups is 4. The van der Waals surface area contributed by atoms with Crippen LogP contribution in [0.25, 0.3) is 0 Å². The van der Waals surface area contributed by atoms with Crippen molar-refractivity contribution in [1.82, 2.24) is 20.2 Å². The first-order valence-electron chi connectivity index (χ1n) is 10.4.